The number of benzene rings is 1. The molecule has 0 saturated carbocycles. The molecule has 0 heterocycles. The van der Waals surface area contributed by atoms with E-state index < -0.39 is 0 Å². The highest BCUT2D eigenvalue weighted by Crippen LogP contribution is 2.16. The maximum absolute atomic E-state index is 12.2. The van der Waals surface area contributed by atoms with Gasteiger partial charge in [-0.3, -0.25) is 4.79 Å². The molecule has 1 rings (SSSR count). The molecule has 1 aromatic carbocycles. The minimum absolute atomic E-state index is 0.00389. The van der Waals surface area contributed by atoms with Crippen molar-refractivity contribution in [3.8, 4) is 0 Å². The summed E-state index contributed by atoms with van der Waals surface area (Å²) in [5, 5.41) is 12.3. The molecular formula is C14H22N2O2. The Kier molecular flexibility index (Phi) is 5.16. The molecule has 4 nitrogen and oxygen atoms in total. The normalized spacial score (nSPS) is 12.1. The first-order valence-electron chi connectivity index (χ1n) is 6.17. The fourth-order valence-corrected chi connectivity index (χ4v) is 1.75. The summed E-state index contributed by atoms with van der Waals surface area (Å²) >= 11 is 0. The second-order valence-electron chi connectivity index (χ2n) is 4.64. The number of anilines is 1. The highest BCUT2D eigenvalue weighted by molar-refractivity contribution is 5.95. The van der Waals surface area contributed by atoms with Gasteiger partial charge in [-0.25, -0.2) is 0 Å². The van der Waals surface area contributed by atoms with E-state index in [0.29, 0.717) is 18.5 Å². The third-order valence-electron chi connectivity index (χ3n) is 2.97. The molecule has 2 N–H and O–H groups in total. The molecule has 1 unspecified atom stereocenters. The van der Waals surface area contributed by atoms with Crippen molar-refractivity contribution < 1.29 is 9.90 Å². The summed E-state index contributed by atoms with van der Waals surface area (Å²) in [7, 11) is 3.61. The smallest absolute Gasteiger partial charge is 0.253 e. The van der Waals surface area contributed by atoms with Crippen LogP contribution in [0.1, 0.15) is 29.3 Å². The van der Waals surface area contributed by atoms with E-state index in [9.17, 15) is 9.90 Å². The van der Waals surface area contributed by atoms with Crippen LogP contribution in [0.15, 0.2) is 18.2 Å². The second-order valence-corrected chi connectivity index (χ2v) is 4.64. The zero-order valence-electron chi connectivity index (χ0n) is 11.5. The summed E-state index contributed by atoms with van der Waals surface area (Å²) in [4.78, 5) is 13.8. The Morgan fingerprint density at radius 3 is 2.67 bits per heavy atom. The quantitative estimate of drug-likeness (QED) is 0.839. The van der Waals surface area contributed by atoms with Gasteiger partial charge in [-0.2, -0.15) is 0 Å². The SMILES string of the molecule is CNc1ccc(C(=O)N(C)CCC(C)O)c(C)c1. The van der Waals surface area contributed by atoms with Crippen LogP contribution in [-0.4, -0.2) is 42.7 Å². The number of carbonyl (C=O) groups excluding carboxylic acids is 1. The molecule has 0 aliphatic carbocycles. The van der Waals surface area contributed by atoms with Crippen molar-refractivity contribution >= 4 is 11.6 Å². The Bertz CT molecular complexity index is 416. The number of hydrogen-bond acceptors (Lipinski definition) is 3. The van der Waals surface area contributed by atoms with Crippen molar-refractivity contribution in [2.75, 3.05) is 26.0 Å². The molecule has 4 heteroatoms. The number of aliphatic hydroxyl groups is 1. The van der Waals surface area contributed by atoms with Gasteiger partial charge in [0.1, 0.15) is 0 Å². The van der Waals surface area contributed by atoms with Crippen LogP contribution in [0.25, 0.3) is 0 Å². The van der Waals surface area contributed by atoms with Crippen molar-refractivity contribution in [2.24, 2.45) is 0 Å². The molecule has 0 radical (unpaired) electrons. The van der Waals surface area contributed by atoms with Gasteiger partial charge < -0.3 is 15.3 Å². The van der Waals surface area contributed by atoms with E-state index in [1.54, 1.807) is 18.9 Å². The van der Waals surface area contributed by atoms with Crippen molar-refractivity contribution in [2.45, 2.75) is 26.4 Å². The van der Waals surface area contributed by atoms with Crippen molar-refractivity contribution in [3.05, 3.63) is 29.3 Å². The van der Waals surface area contributed by atoms with Crippen LogP contribution in [0.4, 0.5) is 5.69 Å². The summed E-state index contributed by atoms with van der Waals surface area (Å²) in [5.74, 6) is -0.00389. The minimum Gasteiger partial charge on any atom is -0.393 e. The number of nitrogens with one attached hydrogen (secondary N) is 1. The average Bonchev–Trinajstić information content (AvgIpc) is 2.34. The zero-order valence-corrected chi connectivity index (χ0v) is 11.5. The maximum Gasteiger partial charge on any atom is 0.253 e. The molecule has 0 saturated heterocycles. The molecule has 0 aromatic heterocycles. The molecule has 0 fully saturated rings. The van der Waals surface area contributed by atoms with Gasteiger partial charge in [-0.15, -0.1) is 0 Å². The van der Waals surface area contributed by atoms with Crippen LogP contribution in [0.5, 0.6) is 0 Å². The van der Waals surface area contributed by atoms with Crippen LogP contribution in [0.3, 0.4) is 0 Å². The minimum atomic E-state index is -0.381. The maximum atomic E-state index is 12.2. The van der Waals surface area contributed by atoms with Gasteiger partial charge in [0.15, 0.2) is 0 Å². The van der Waals surface area contributed by atoms with E-state index in [0.717, 1.165) is 11.3 Å². The number of carbonyl (C=O) groups is 1. The van der Waals surface area contributed by atoms with E-state index in [2.05, 4.69) is 5.32 Å². The zero-order chi connectivity index (χ0) is 13.7. The third kappa shape index (κ3) is 3.74. The fraction of sp³-hybridized carbons (Fsp3) is 0.500. The fourth-order valence-electron chi connectivity index (χ4n) is 1.75. The van der Waals surface area contributed by atoms with Crippen molar-refractivity contribution in [3.63, 3.8) is 0 Å². The molecule has 100 valence electrons. The Labute approximate surface area is 109 Å². The first-order valence-corrected chi connectivity index (χ1v) is 6.17. The Morgan fingerprint density at radius 2 is 2.17 bits per heavy atom. The van der Waals surface area contributed by atoms with Gasteiger partial charge in [-0.1, -0.05) is 0 Å². The monoisotopic (exact) mass is 250 g/mol. The first kappa shape index (κ1) is 14.5. The molecule has 1 aromatic rings. The van der Waals surface area contributed by atoms with E-state index in [1.807, 2.05) is 32.2 Å². The van der Waals surface area contributed by atoms with E-state index >= 15 is 0 Å². The van der Waals surface area contributed by atoms with Gasteiger partial charge in [0, 0.05) is 31.9 Å². The number of nitrogens with zero attached hydrogens (tertiary/aromatic N) is 1. The van der Waals surface area contributed by atoms with Crippen molar-refractivity contribution in [1.29, 1.82) is 0 Å². The highest BCUT2D eigenvalue weighted by Gasteiger charge is 2.14. The van der Waals surface area contributed by atoms with Crippen LogP contribution < -0.4 is 5.32 Å². The molecule has 0 aliphatic heterocycles. The first-order chi connectivity index (χ1) is 8.45. The number of aryl methyl sites for hydroxylation is 1. The van der Waals surface area contributed by atoms with Gasteiger partial charge in [-0.05, 0) is 44.0 Å². The van der Waals surface area contributed by atoms with E-state index in [-0.39, 0.29) is 12.0 Å². The molecule has 0 aliphatic rings. The lowest BCUT2D eigenvalue weighted by molar-refractivity contribution is 0.0768. The number of amides is 1. The largest absolute Gasteiger partial charge is 0.393 e. The van der Waals surface area contributed by atoms with Gasteiger partial charge in [0.2, 0.25) is 0 Å². The van der Waals surface area contributed by atoms with Crippen LogP contribution in [0.2, 0.25) is 0 Å². The average molecular weight is 250 g/mol. The summed E-state index contributed by atoms with van der Waals surface area (Å²) in [6.45, 7) is 4.21. The Morgan fingerprint density at radius 1 is 1.50 bits per heavy atom. The summed E-state index contributed by atoms with van der Waals surface area (Å²) in [5.41, 5.74) is 2.66. The topological polar surface area (TPSA) is 52.6 Å². The summed E-state index contributed by atoms with van der Waals surface area (Å²) in [6.07, 6.45) is 0.212. The summed E-state index contributed by atoms with van der Waals surface area (Å²) < 4.78 is 0. The lowest BCUT2D eigenvalue weighted by atomic mass is 10.1. The predicted octanol–water partition coefficient (Wildman–Crippen LogP) is 1.88. The molecular weight excluding hydrogens is 228 g/mol. The summed E-state index contributed by atoms with van der Waals surface area (Å²) in [6, 6.07) is 5.68. The lowest BCUT2D eigenvalue weighted by Gasteiger charge is -2.19. The second kappa shape index (κ2) is 6.40. The molecule has 0 spiro atoms. The third-order valence-corrected chi connectivity index (χ3v) is 2.97. The van der Waals surface area contributed by atoms with Crippen LogP contribution >= 0.6 is 0 Å². The van der Waals surface area contributed by atoms with Crippen LogP contribution in [-0.2, 0) is 0 Å². The number of rotatable bonds is 5. The van der Waals surface area contributed by atoms with Crippen LogP contribution in [0, 0.1) is 6.92 Å². The lowest BCUT2D eigenvalue weighted by Crippen LogP contribution is -2.29. The molecule has 18 heavy (non-hydrogen) atoms. The van der Waals surface area contributed by atoms with Gasteiger partial charge in [0.05, 0.1) is 6.10 Å². The Balaban J connectivity index is 2.77. The predicted molar refractivity (Wildman–Crippen MR) is 74.0 cm³/mol. The van der Waals surface area contributed by atoms with E-state index in [4.69, 9.17) is 0 Å². The number of hydrogen-bond donors (Lipinski definition) is 2. The van der Waals surface area contributed by atoms with Gasteiger partial charge in [0.25, 0.3) is 5.91 Å². The molecule has 0 bridgehead atoms. The number of aliphatic hydroxyl groups excluding tert-OH is 1. The van der Waals surface area contributed by atoms with Crippen molar-refractivity contribution in [1.82, 2.24) is 4.90 Å². The standard InChI is InChI=1S/C14H22N2O2/c1-10-9-12(15-3)5-6-13(10)14(18)16(4)8-7-11(2)17/h5-6,9,11,15,17H,7-8H2,1-4H3. The molecule has 1 atom stereocenters. The highest BCUT2D eigenvalue weighted by atomic mass is 16.3. The molecule has 1 amide bonds. The Hall–Kier alpha value is -1.55. The van der Waals surface area contributed by atoms with Gasteiger partial charge >= 0.3 is 0 Å². The van der Waals surface area contributed by atoms with E-state index in [1.165, 1.54) is 0 Å².